The molecule has 5 nitrogen and oxygen atoms in total. The quantitative estimate of drug-likeness (QED) is 0.683. The molecule has 0 radical (unpaired) electrons. The molecule has 0 spiro atoms. The number of likely N-dealkylation sites (tertiary alicyclic amines) is 1. The number of benzene rings is 1. The summed E-state index contributed by atoms with van der Waals surface area (Å²) in [7, 11) is 1.69. The average molecular weight is 365 g/mol. The Morgan fingerprint density at radius 1 is 1.19 bits per heavy atom. The molecule has 1 aromatic rings. The monoisotopic (exact) mass is 364 g/mol. The standard InChI is InChI=1S/C21H36N2O3/c1-21(2,3)26-20(24)23(14-15-25-4)17-19-10-12-22(13-11-19)16-18-8-6-5-7-9-18/h5-9,19-20,24H,10-17H2,1-4H3. The van der Waals surface area contributed by atoms with E-state index in [1.165, 1.54) is 5.56 Å². The summed E-state index contributed by atoms with van der Waals surface area (Å²) in [4.78, 5) is 4.53. The predicted octanol–water partition coefficient (Wildman–Crippen LogP) is 2.94. The lowest BCUT2D eigenvalue weighted by Crippen LogP contribution is -2.47. The van der Waals surface area contributed by atoms with Gasteiger partial charge in [-0.05, 0) is 58.2 Å². The van der Waals surface area contributed by atoms with Crippen LogP contribution in [0.15, 0.2) is 30.3 Å². The zero-order valence-corrected chi connectivity index (χ0v) is 16.9. The zero-order valence-electron chi connectivity index (χ0n) is 16.9. The molecule has 1 unspecified atom stereocenters. The highest BCUT2D eigenvalue weighted by Crippen LogP contribution is 2.22. The summed E-state index contributed by atoms with van der Waals surface area (Å²) in [6, 6.07) is 10.7. The van der Waals surface area contributed by atoms with Crippen molar-refractivity contribution in [2.75, 3.05) is 39.9 Å². The summed E-state index contributed by atoms with van der Waals surface area (Å²) >= 11 is 0. The van der Waals surface area contributed by atoms with Crippen LogP contribution >= 0.6 is 0 Å². The SMILES string of the molecule is COCCN(CC1CCN(Cc2ccccc2)CC1)C(O)OC(C)(C)C. The number of aliphatic hydroxyl groups is 1. The Morgan fingerprint density at radius 3 is 2.42 bits per heavy atom. The van der Waals surface area contributed by atoms with E-state index in [4.69, 9.17) is 9.47 Å². The number of nitrogens with zero attached hydrogens (tertiary/aromatic N) is 2. The molecule has 0 amide bonds. The average Bonchev–Trinajstić information content (AvgIpc) is 2.59. The third-order valence-corrected chi connectivity index (χ3v) is 4.80. The smallest absolute Gasteiger partial charge is 0.216 e. The fraction of sp³-hybridized carbons (Fsp3) is 0.714. The predicted molar refractivity (Wildman–Crippen MR) is 105 cm³/mol. The Labute approximate surface area is 158 Å². The molecular weight excluding hydrogens is 328 g/mol. The molecule has 1 aliphatic rings. The van der Waals surface area contributed by atoms with Gasteiger partial charge in [0.1, 0.15) is 0 Å². The Morgan fingerprint density at radius 2 is 1.85 bits per heavy atom. The fourth-order valence-corrected chi connectivity index (χ4v) is 3.39. The van der Waals surface area contributed by atoms with E-state index in [1.807, 2.05) is 25.7 Å². The molecule has 1 heterocycles. The maximum atomic E-state index is 10.5. The van der Waals surface area contributed by atoms with Crippen molar-refractivity contribution in [3.63, 3.8) is 0 Å². The van der Waals surface area contributed by atoms with Gasteiger partial charge in [-0.2, -0.15) is 0 Å². The first-order valence-electron chi connectivity index (χ1n) is 9.72. The lowest BCUT2D eigenvalue weighted by atomic mass is 9.96. The van der Waals surface area contributed by atoms with Crippen molar-refractivity contribution in [1.82, 2.24) is 9.80 Å². The second kappa shape index (κ2) is 10.4. The minimum absolute atomic E-state index is 0.371. The minimum Gasteiger partial charge on any atom is -0.383 e. The Hall–Kier alpha value is -0.980. The molecule has 0 saturated carbocycles. The molecule has 26 heavy (non-hydrogen) atoms. The molecule has 2 rings (SSSR count). The van der Waals surface area contributed by atoms with Gasteiger partial charge >= 0.3 is 0 Å². The first-order chi connectivity index (χ1) is 12.4. The van der Waals surface area contributed by atoms with Crippen molar-refractivity contribution in [3.8, 4) is 0 Å². The van der Waals surface area contributed by atoms with E-state index in [2.05, 4.69) is 35.2 Å². The number of rotatable bonds is 9. The first-order valence-corrected chi connectivity index (χ1v) is 9.72. The number of hydrogen-bond acceptors (Lipinski definition) is 5. The lowest BCUT2D eigenvalue weighted by molar-refractivity contribution is -0.243. The zero-order chi connectivity index (χ0) is 19.0. The Kier molecular flexibility index (Phi) is 8.51. The van der Waals surface area contributed by atoms with Gasteiger partial charge in [0.25, 0.3) is 0 Å². The van der Waals surface area contributed by atoms with Crippen LogP contribution in [0, 0.1) is 5.92 Å². The molecular formula is C21H36N2O3. The maximum Gasteiger partial charge on any atom is 0.216 e. The molecule has 1 aromatic carbocycles. The third kappa shape index (κ3) is 7.72. The summed E-state index contributed by atoms with van der Waals surface area (Å²) in [6.07, 6.45) is 1.42. The van der Waals surface area contributed by atoms with Crippen LogP contribution in [0.5, 0.6) is 0 Å². The van der Waals surface area contributed by atoms with Crippen LogP contribution in [0.25, 0.3) is 0 Å². The van der Waals surface area contributed by atoms with Crippen LogP contribution in [0.1, 0.15) is 39.2 Å². The third-order valence-electron chi connectivity index (χ3n) is 4.80. The molecule has 1 atom stereocenters. The van der Waals surface area contributed by atoms with Gasteiger partial charge in [0.05, 0.1) is 12.2 Å². The number of hydrogen-bond donors (Lipinski definition) is 1. The maximum absolute atomic E-state index is 10.5. The largest absolute Gasteiger partial charge is 0.383 e. The van der Waals surface area contributed by atoms with Gasteiger partial charge in [0.2, 0.25) is 6.41 Å². The molecule has 0 bridgehead atoms. The molecule has 1 fully saturated rings. The van der Waals surface area contributed by atoms with Crippen molar-refractivity contribution in [2.45, 2.75) is 52.2 Å². The van der Waals surface area contributed by atoms with Crippen molar-refractivity contribution >= 4 is 0 Å². The molecule has 1 aliphatic heterocycles. The second-order valence-electron chi connectivity index (χ2n) is 8.25. The number of aliphatic hydroxyl groups excluding tert-OH is 1. The van der Waals surface area contributed by atoms with E-state index in [9.17, 15) is 5.11 Å². The molecule has 1 N–H and O–H groups in total. The van der Waals surface area contributed by atoms with E-state index in [1.54, 1.807) is 7.11 Å². The van der Waals surface area contributed by atoms with Crippen LogP contribution in [0.2, 0.25) is 0 Å². The van der Waals surface area contributed by atoms with Gasteiger partial charge in [0, 0.05) is 26.7 Å². The summed E-state index contributed by atoms with van der Waals surface area (Å²) in [5.41, 5.74) is 1.01. The van der Waals surface area contributed by atoms with E-state index in [0.29, 0.717) is 19.1 Å². The molecule has 0 aromatic heterocycles. The van der Waals surface area contributed by atoms with Gasteiger partial charge in [-0.25, -0.2) is 0 Å². The van der Waals surface area contributed by atoms with Gasteiger partial charge in [-0.3, -0.25) is 9.80 Å². The van der Waals surface area contributed by atoms with Crippen LogP contribution in [0.4, 0.5) is 0 Å². The van der Waals surface area contributed by atoms with Crippen LogP contribution in [-0.2, 0) is 16.0 Å². The lowest BCUT2D eigenvalue weighted by Gasteiger charge is -2.37. The first kappa shape index (κ1) is 21.3. The van der Waals surface area contributed by atoms with Gasteiger partial charge in [-0.15, -0.1) is 0 Å². The van der Waals surface area contributed by atoms with Crippen molar-refractivity contribution in [1.29, 1.82) is 0 Å². The molecule has 1 saturated heterocycles. The Balaban J connectivity index is 1.81. The highest BCUT2D eigenvalue weighted by Gasteiger charge is 2.27. The minimum atomic E-state index is -0.882. The van der Waals surface area contributed by atoms with Gasteiger partial charge in [0.15, 0.2) is 0 Å². The molecule has 5 heteroatoms. The van der Waals surface area contributed by atoms with E-state index in [-0.39, 0.29) is 5.60 Å². The van der Waals surface area contributed by atoms with Crippen molar-refractivity contribution in [3.05, 3.63) is 35.9 Å². The molecule has 0 aliphatic carbocycles. The highest BCUT2D eigenvalue weighted by atomic mass is 16.6. The van der Waals surface area contributed by atoms with Crippen molar-refractivity contribution < 1.29 is 14.6 Å². The summed E-state index contributed by atoms with van der Waals surface area (Å²) in [5.74, 6) is 0.581. The number of piperidine rings is 1. The van der Waals surface area contributed by atoms with Crippen LogP contribution < -0.4 is 0 Å². The topological polar surface area (TPSA) is 45.2 Å². The number of ether oxygens (including phenoxy) is 2. The second-order valence-corrected chi connectivity index (χ2v) is 8.25. The van der Waals surface area contributed by atoms with Crippen LogP contribution in [0.3, 0.4) is 0 Å². The normalized spacial score (nSPS) is 18.4. The van der Waals surface area contributed by atoms with Crippen LogP contribution in [-0.4, -0.2) is 66.8 Å². The van der Waals surface area contributed by atoms with E-state index < -0.39 is 6.41 Å². The summed E-state index contributed by atoms with van der Waals surface area (Å²) in [5, 5.41) is 10.5. The summed E-state index contributed by atoms with van der Waals surface area (Å²) < 4.78 is 11.0. The van der Waals surface area contributed by atoms with Gasteiger partial charge in [-0.1, -0.05) is 30.3 Å². The van der Waals surface area contributed by atoms with Crippen molar-refractivity contribution in [2.24, 2.45) is 5.92 Å². The fourth-order valence-electron chi connectivity index (χ4n) is 3.39. The Bertz CT molecular complexity index is 496. The van der Waals surface area contributed by atoms with E-state index in [0.717, 1.165) is 39.0 Å². The summed E-state index contributed by atoms with van der Waals surface area (Å²) in [6.45, 7) is 11.3. The number of methoxy groups -OCH3 is 1. The van der Waals surface area contributed by atoms with E-state index >= 15 is 0 Å². The highest BCUT2D eigenvalue weighted by molar-refractivity contribution is 5.14. The van der Waals surface area contributed by atoms with Gasteiger partial charge < -0.3 is 14.6 Å². The molecule has 148 valence electrons.